The average Bonchev–Trinajstić information content (AvgIpc) is 3.05. The Morgan fingerprint density at radius 1 is 0.667 bits per heavy atom. The molecule has 3 aromatic carbocycles. The van der Waals surface area contributed by atoms with Crippen LogP contribution in [-0.4, -0.2) is 4.98 Å². The van der Waals surface area contributed by atoms with Crippen LogP contribution in [0.3, 0.4) is 0 Å². The molecule has 1 aromatic heterocycles. The number of hydrogen-bond acceptors (Lipinski definition) is 2. The molecule has 0 N–H and O–H groups in total. The van der Waals surface area contributed by atoms with Gasteiger partial charge in [0.05, 0.1) is 6.20 Å². The molecule has 0 saturated carbocycles. The fourth-order valence-corrected chi connectivity index (χ4v) is 2.47. The van der Waals surface area contributed by atoms with Crippen LogP contribution in [0.15, 0.2) is 83.4 Å². The molecule has 0 radical (unpaired) electrons. The molecule has 0 aliphatic heterocycles. The van der Waals surface area contributed by atoms with Gasteiger partial charge in [0.1, 0.15) is 0 Å². The number of oxazole rings is 1. The second-order valence-electron chi connectivity index (χ2n) is 4.96. The summed E-state index contributed by atoms with van der Waals surface area (Å²) in [6.07, 6.45) is 1.78. The lowest BCUT2D eigenvalue weighted by atomic mass is 10.1. The third kappa shape index (κ3) is 2.21. The van der Waals surface area contributed by atoms with Crippen LogP contribution >= 0.6 is 0 Å². The first kappa shape index (κ1) is 11.9. The number of nitrogens with zero attached hydrogens (tertiary/aromatic N) is 1. The summed E-state index contributed by atoms with van der Waals surface area (Å²) < 4.78 is 5.89. The van der Waals surface area contributed by atoms with Crippen molar-refractivity contribution >= 4 is 10.8 Å². The van der Waals surface area contributed by atoms with Crippen LogP contribution in [0.5, 0.6) is 0 Å². The Morgan fingerprint density at radius 2 is 1.43 bits per heavy atom. The second kappa shape index (κ2) is 4.91. The number of aromatic nitrogens is 1. The third-order valence-electron chi connectivity index (χ3n) is 3.56. The van der Waals surface area contributed by atoms with E-state index in [9.17, 15) is 0 Å². The number of rotatable bonds is 2. The molecule has 0 unspecified atom stereocenters. The van der Waals surface area contributed by atoms with Crippen molar-refractivity contribution in [2.45, 2.75) is 0 Å². The van der Waals surface area contributed by atoms with E-state index in [1.807, 2.05) is 48.5 Å². The van der Waals surface area contributed by atoms with Gasteiger partial charge >= 0.3 is 0 Å². The minimum atomic E-state index is 0.652. The first-order valence-electron chi connectivity index (χ1n) is 6.90. The summed E-state index contributed by atoms with van der Waals surface area (Å²) in [6, 6.07) is 24.5. The summed E-state index contributed by atoms with van der Waals surface area (Å²) in [4.78, 5) is 4.40. The average molecular weight is 271 g/mol. The molecule has 4 rings (SSSR count). The second-order valence-corrected chi connectivity index (χ2v) is 4.96. The number of benzene rings is 3. The van der Waals surface area contributed by atoms with Crippen LogP contribution in [0, 0.1) is 0 Å². The Hall–Kier alpha value is -2.87. The first-order chi connectivity index (χ1) is 10.4. The first-order valence-corrected chi connectivity index (χ1v) is 6.90. The van der Waals surface area contributed by atoms with Crippen molar-refractivity contribution in [3.8, 4) is 22.8 Å². The highest BCUT2D eigenvalue weighted by molar-refractivity contribution is 5.86. The van der Waals surface area contributed by atoms with Gasteiger partial charge in [0.2, 0.25) is 5.89 Å². The van der Waals surface area contributed by atoms with E-state index in [4.69, 9.17) is 4.42 Å². The van der Waals surface area contributed by atoms with Crippen molar-refractivity contribution in [2.75, 3.05) is 0 Å². The van der Waals surface area contributed by atoms with Gasteiger partial charge in [-0.2, -0.15) is 0 Å². The fourth-order valence-electron chi connectivity index (χ4n) is 2.47. The lowest BCUT2D eigenvalue weighted by Crippen LogP contribution is -1.78. The summed E-state index contributed by atoms with van der Waals surface area (Å²) in [6.45, 7) is 0. The van der Waals surface area contributed by atoms with E-state index in [2.05, 4.69) is 29.2 Å². The zero-order valence-electron chi connectivity index (χ0n) is 11.4. The molecule has 100 valence electrons. The van der Waals surface area contributed by atoms with Crippen LogP contribution in [-0.2, 0) is 0 Å². The van der Waals surface area contributed by atoms with Crippen LogP contribution in [0.1, 0.15) is 0 Å². The predicted molar refractivity (Wildman–Crippen MR) is 84.9 cm³/mol. The smallest absolute Gasteiger partial charge is 0.226 e. The highest BCUT2D eigenvalue weighted by atomic mass is 16.4. The number of hydrogen-bond donors (Lipinski definition) is 0. The molecule has 0 bridgehead atoms. The molecule has 0 fully saturated rings. The maximum absolute atomic E-state index is 5.89. The molecule has 0 spiro atoms. The fraction of sp³-hybridized carbons (Fsp3) is 0. The van der Waals surface area contributed by atoms with E-state index in [1.165, 1.54) is 10.8 Å². The Morgan fingerprint density at radius 3 is 2.29 bits per heavy atom. The summed E-state index contributed by atoms with van der Waals surface area (Å²) in [5.74, 6) is 1.44. The standard InChI is InChI=1S/C19H13NO/c1-2-7-15(8-3-1)18-13-20-19(21-18)17-11-10-14-6-4-5-9-16(14)12-17/h1-13H. The summed E-state index contributed by atoms with van der Waals surface area (Å²) in [7, 11) is 0. The summed E-state index contributed by atoms with van der Waals surface area (Å²) in [5, 5.41) is 2.41. The molecule has 2 nitrogen and oxygen atoms in total. The van der Waals surface area contributed by atoms with Gasteiger partial charge < -0.3 is 4.42 Å². The van der Waals surface area contributed by atoms with E-state index in [1.54, 1.807) is 6.20 Å². The highest BCUT2D eigenvalue weighted by Gasteiger charge is 2.08. The zero-order valence-corrected chi connectivity index (χ0v) is 11.4. The zero-order chi connectivity index (χ0) is 14.1. The molecule has 0 amide bonds. The monoisotopic (exact) mass is 271 g/mol. The maximum Gasteiger partial charge on any atom is 0.226 e. The van der Waals surface area contributed by atoms with Gasteiger partial charge in [0.25, 0.3) is 0 Å². The van der Waals surface area contributed by atoms with Crippen molar-refractivity contribution in [1.82, 2.24) is 4.98 Å². The van der Waals surface area contributed by atoms with Gasteiger partial charge in [-0.1, -0.05) is 60.7 Å². The molecular weight excluding hydrogens is 258 g/mol. The Kier molecular flexibility index (Phi) is 2.79. The lowest BCUT2D eigenvalue weighted by Gasteiger charge is -2.00. The van der Waals surface area contributed by atoms with E-state index < -0.39 is 0 Å². The predicted octanol–water partition coefficient (Wildman–Crippen LogP) is 5.16. The molecule has 1 heterocycles. The molecule has 4 aromatic rings. The van der Waals surface area contributed by atoms with Gasteiger partial charge in [-0.3, -0.25) is 0 Å². The molecule has 0 saturated heterocycles. The Balaban J connectivity index is 1.77. The highest BCUT2D eigenvalue weighted by Crippen LogP contribution is 2.27. The summed E-state index contributed by atoms with van der Waals surface area (Å²) >= 11 is 0. The lowest BCUT2D eigenvalue weighted by molar-refractivity contribution is 0.589. The van der Waals surface area contributed by atoms with E-state index >= 15 is 0 Å². The van der Waals surface area contributed by atoms with Crippen LogP contribution in [0.25, 0.3) is 33.6 Å². The van der Waals surface area contributed by atoms with Crippen molar-refractivity contribution in [3.05, 3.63) is 79.0 Å². The van der Waals surface area contributed by atoms with Gasteiger partial charge in [0, 0.05) is 11.1 Å². The van der Waals surface area contributed by atoms with Gasteiger partial charge in [-0.25, -0.2) is 4.98 Å². The van der Waals surface area contributed by atoms with E-state index in [-0.39, 0.29) is 0 Å². The van der Waals surface area contributed by atoms with E-state index in [0.717, 1.165) is 16.9 Å². The van der Waals surface area contributed by atoms with Crippen molar-refractivity contribution in [1.29, 1.82) is 0 Å². The van der Waals surface area contributed by atoms with Gasteiger partial charge in [0.15, 0.2) is 5.76 Å². The van der Waals surface area contributed by atoms with Crippen molar-refractivity contribution in [3.63, 3.8) is 0 Å². The molecule has 21 heavy (non-hydrogen) atoms. The maximum atomic E-state index is 5.89. The molecule has 0 aliphatic rings. The van der Waals surface area contributed by atoms with Crippen molar-refractivity contribution < 1.29 is 4.42 Å². The largest absolute Gasteiger partial charge is 0.436 e. The van der Waals surface area contributed by atoms with Gasteiger partial charge in [-0.05, 0) is 22.9 Å². The topological polar surface area (TPSA) is 26.0 Å². The molecule has 2 heteroatoms. The molecular formula is C19H13NO. The normalized spacial score (nSPS) is 10.9. The van der Waals surface area contributed by atoms with E-state index in [0.29, 0.717) is 5.89 Å². The third-order valence-corrected chi connectivity index (χ3v) is 3.56. The minimum absolute atomic E-state index is 0.652. The molecule has 0 aliphatic carbocycles. The Labute approximate surface area is 122 Å². The minimum Gasteiger partial charge on any atom is -0.436 e. The van der Waals surface area contributed by atoms with Gasteiger partial charge in [-0.15, -0.1) is 0 Å². The number of fused-ring (bicyclic) bond motifs is 1. The molecule has 0 atom stereocenters. The van der Waals surface area contributed by atoms with Crippen LogP contribution in [0.4, 0.5) is 0 Å². The SMILES string of the molecule is c1ccc(-c2cnc(-c3ccc4ccccc4c3)o2)cc1. The Bertz CT molecular complexity index is 894. The van der Waals surface area contributed by atoms with Crippen LogP contribution < -0.4 is 0 Å². The quantitative estimate of drug-likeness (QED) is 0.503. The van der Waals surface area contributed by atoms with Crippen LogP contribution in [0.2, 0.25) is 0 Å². The summed E-state index contributed by atoms with van der Waals surface area (Å²) in [5.41, 5.74) is 2.04. The van der Waals surface area contributed by atoms with Crippen molar-refractivity contribution in [2.24, 2.45) is 0 Å².